The van der Waals surface area contributed by atoms with E-state index >= 15 is 0 Å². The number of para-hydroxylation sites is 1. The van der Waals surface area contributed by atoms with Crippen LogP contribution in [0.3, 0.4) is 0 Å². The zero-order chi connectivity index (χ0) is 24.0. The molecule has 0 radical (unpaired) electrons. The molecule has 33 heavy (non-hydrogen) atoms. The summed E-state index contributed by atoms with van der Waals surface area (Å²) in [5, 5.41) is 16.7. The molecule has 2 N–H and O–H groups in total. The molecular formula is C24H20ClN3O5. The quantitative estimate of drug-likeness (QED) is 0.290. The van der Waals surface area contributed by atoms with Crippen LogP contribution in [0.2, 0.25) is 5.02 Å². The van der Waals surface area contributed by atoms with Crippen LogP contribution in [0.1, 0.15) is 21.5 Å². The minimum Gasteiger partial charge on any atom is -0.496 e. The smallest absolute Gasteiger partial charge is 0.272 e. The summed E-state index contributed by atoms with van der Waals surface area (Å²) in [5.74, 6) is -0.809. The molecule has 3 aromatic rings. The van der Waals surface area contributed by atoms with Gasteiger partial charge in [-0.3, -0.25) is 19.7 Å². The third-order valence-electron chi connectivity index (χ3n) is 4.71. The van der Waals surface area contributed by atoms with Crippen molar-refractivity contribution in [2.45, 2.75) is 6.92 Å². The lowest BCUT2D eigenvalue weighted by atomic mass is 10.1. The highest BCUT2D eigenvalue weighted by Crippen LogP contribution is 2.22. The van der Waals surface area contributed by atoms with Crippen molar-refractivity contribution >= 4 is 40.9 Å². The number of nitrogens with one attached hydrogen (secondary N) is 2. The number of nitro groups is 1. The number of non-ortho nitro benzene ring substituents is 1. The number of amides is 2. The third-order valence-corrected chi connectivity index (χ3v) is 4.94. The largest absolute Gasteiger partial charge is 0.496 e. The fourth-order valence-corrected chi connectivity index (χ4v) is 3.13. The topological polar surface area (TPSA) is 111 Å². The summed E-state index contributed by atoms with van der Waals surface area (Å²) in [6.07, 6.45) is 1.42. The van der Waals surface area contributed by atoms with Crippen molar-refractivity contribution in [2.75, 3.05) is 12.4 Å². The Hall–Kier alpha value is -4.17. The van der Waals surface area contributed by atoms with E-state index in [-0.39, 0.29) is 16.9 Å². The number of hydrogen-bond donors (Lipinski definition) is 2. The highest BCUT2D eigenvalue weighted by Gasteiger charge is 2.18. The number of hydrogen-bond acceptors (Lipinski definition) is 5. The Labute approximate surface area is 195 Å². The SMILES string of the molecule is COc1ccccc1C(=O)N/C(=C\c1ccc([N+](=O)[O-])cc1)C(=O)Nc1cc(Cl)ccc1C. The third kappa shape index (κ3) is 5.96. The number of nitrogens with zero attached hydrogens (tertiary/aromatic N) is 1. The Bertz CT molecular complexity index is 1240. The first-order valence-electron chi connectivity index (χ1n) is 9.76. The van der Waals surface area contributed by atoms with E-state index in [0.29, 0.717) is 22.0 Å². The predicted octanol–water partition coefficient (Wildman–Crippen LogP) is 4.97. The maximum atomic E-state index is 13.1. The molecule has 0 heterocycles. The van der Waals surface area contributed by atoms with E-state index in [1.165, 1.54) is 37.5 Å². The van der Waals surface area contributed by atoms with Gasteiger partial charge in [-0.25, -0.2) is 0 Å². The summed E-state index contributed by atoms with van der Waals surface area (Å²) >= 11 is 6.04. The first-order chi connectivity index (χ1) is 15.8. The molecule has 0 aromatic heterocycles. The summed E-state index contributed by atoms with van der Waals surface area (Å²) in [7, 11) is 1.44. The zero-order valence-electron chi connectivity index (χ0n) is 17.8. The van der Waals surface area contributed by atoms with Crippen LogP contribution in [-0.4, -0.2) is 23.8 Å². The van der Waals surface area contributed by atoms with Gasteiger partial charge in [-0.05, 0) is 60.5 Å². The van der Waals surface area contributed by atoms with E-state index in [0.717, 1.165) is 5.56 Å². The van der Waals surface area contributed by atoms with E-state index < -0.39 is 16.7 Å². The molecule has 0 spiro atoms. The summed E-state index contributed by atoms with van der Waals surface area (Å²) in [5.41, 5.74) is 1.81. The van der Waals surface area contributed by atoms with Gasteiger partial charge in [-0.2, -0.15) is 0 Å². The van der Waals surface area contributed by atoms with Crippen molar-refractivity contribution in [2.24, 2.45) is 0 Å². The lowest BCUT2D eigenvalue weighted by molar-refractivity contribution is -0.384. The van der Waals surface area contributed by atoms with Crippen LogP contribution in [0.25, 0.3) is 6.08 Å². The Morgan fingerprint density at radius 3 is 2.42 bits per heavy atom. The van der Waals surface area contributed by atoms with Crippen LogP contribution in [0.5, 0.6) is 5.75 Å². The maximum Gasteiger partial charge on any atom is 0.272 e. The van der Waals surface area contributed by atoms with Crippen LogP contribution >= 0.6 is 11.6 Å². The lowest BCUT2D eigenvalue weighted by Crippen LogP contribution is -2.31. The number of carbonyl (C=O) groups excluding carboxylic acids is 2. The van der Waals surface area contributed by atoms with Gasteiger partial charge in [0.25, 0.3) is 17.5 Å². The van der Waals surface area contributed by atoms with Crippen molar-refractivity contribution in [1.29, 1.82) is 0 Å². The molecule has 0 aliphatic heterocycles. The summed E-state index contributed by atoms with van der Waals surface area (Å²) in [6.45, 7) is 1.80. The molecule has 168 valence electrons. The average molecular weight is 466 g/mol. The van der Waals surface area contributed by atoms with Crippen LogP contribution in [-0.2, 0) is 4.79 Å². The molecule has 0 bridgehead atoms. The Balaban J connectivity index is 1.96. The summed E-state index contributed by atoms with van der Waals surface area (Å²) in [4.78, 5) is 36.4. The van der Waals surface area contributed by atoms with Gasteiger partial charge in [0.05, 0.1) is 17.6 Å². The predicted molar refractivity (Wildman–Crippen MR) is 126 cm³/mol. The van der Waals surface area contributed by atoms with Crippen LogP contribution in [0, 0.1) is 17.0 Å². The number of ether oxygens (including phenoxy) is 1. The number of rotatable bonds is 7. The minimum absolute atomic E-state index is 0.0702. The van der Waals surface area contributed by atoms with Gasteiger partial charge < -0.3 is 15.4 Å². The van der Waals surface area contributed by atoms with Gasteiger partial charge in [0.1, 0.15) is 11.4 Å². The van der Waals surface area contributed by atoms with Gasteiger partial charge in [0, 0.05) is 22.8 Å². The standard InChI is InChI=1S/C24H20ClN3O5/c1-15-7-10-17(25)14-20(15)26-24(30)21(13-16-8-11-18(12-9-16)28(31)32)27-23(29)19-5-3-4-6-22(19)33-2/h3-14H,1-2H3,(H,26,30)(H,27,29)/b21-13-. The number of nitro benzene ring substituents is 1. The van der Waals surface area contributed by atoms with Gasteiger partial charge in [-0.1, -0.05) is 29.8 Å². The van der Waals surface area contributed by atoms with Gasteiger partial charge in [0.2, 0.25) is 0 Å². The van der Waals surface area contributed by atoms with Crippen LogP contribution in [0.15, 0.2) is 72.4 Å². The zero-order valence-corrected chi connectivity index (χ0v) is 18.6. The van der Waals surface area contributed by atoms with Crippen LogP contribution in [0.4, 0.5) is 11.4 Å². The van der Waals surface area contributed by atoms with E-state index in [1.54, 1.807) is 49.4 Å². The molecule has 0 aliphatic rings. The maximum absolute atomic E-state index is 13.1. The molecule has 0 atom stereocenters. The number of anilines is 1. The first kappa shape index (κ1) is 23.5. The number of aryl methyl sites for hydroxylation is 1. The second kappa shape index (κ2) is 10.4. The molecular weight excluding hydrogens is 446 g/mol. The second-order valence-corrected chi connectivity index (χ2v) is 7.41. The molecule has 9 heteroatoms. The monoisotopic (exact) mass is 465 g/mol. The normalized spacial score (nSPS) is 10.9. The molecule has 3 rings (SSSR count). The van der Waals surface area contributed by atoms with Gasteiger partial charge in [-0.15, -0.1) is 0 Å². The lowest BCUT2D eigenvalue weighted by Gasteiger charge is -2.14. The van der Waals surface area contributed by atoms with Crippen molar-refractivity contribution in [3.05, 3.63) is 104 Å². The van der Waals surface area contributed by atoms with Crippen molar-refractivity contribution in [3.8, 4) is 5.75 Å². The highest BCUT2D eigenvalue weighted by molar-refractivity contribution is 6.31. The Morgan fingerprint density at radius 2 is 1.76 bits per heavy atom. The summed E-state index contributed by atoms with van der Waals surface area (Å²) in [6, 6.07) is 17.2. The number of methoxy groups -OCH3 is 1. The highest BCUT2D eigenvalue weighted by atomic mass is 35.5. The van der Waals surface area contributed by atoms with Crippen LogP contribution < -0.4 is 15.4 Å². The summed E-state index contributed by atoms with van der Waals surface area (Å²) < 4.78 is 5.23. The van der Waals surface area contributed by atoms with Gasteiger partial charge in [0.15, 0.2) is 0 Å². The number of carbonyl (C=O) groups is 2. The average Bonchev–Trinajstić information content (AvgIpc) is 2.81. The molecule has 0 saturated heterocycles. The molecule has 0 saturated carbocycles. The fraction of sp³-hybridized carbons (Fsp3) is 0.0833. The van der Waals surface area contributed by atoms with Gasteiger partial charge >= 0.3 is 0 Å². The van der Waals surface area contributed by atoms with E-state index in [9.17, 15) is 19.7 Å². The van der Waals surface area contributed by atoms with E-state index in [2.05, 4.69) is 10.6 Å². The number of halogens is 1. The molecule has 0 fully saturated rings. The Kier molecular flexibility index (Phi) is 7.42. The van der Waals surface area contributed by atoms with Crippen molar-refractivity contribution < 1.29 is 19.2 Å². The van der Waals surface area contributed by atoms with Crippen molar-refractivity contribution in [1.82, 2.24) is 5.32 Å². The molecule has 8 nitrogen and oxygen atoms in total. The first-order valence-corrected chi connectivity index (χ1v) is 10.1. The Morgan fingerprint density at radius 1 is 1.06 bits per heavy atom. The fourth-order valence-electron chi connectivity index (χ4n) is 2.96. The molecule has 3 aromatic carbocycles. The van der Waals surface area contributed by atoms with E-state index in [1.807, 2.05) is 0 Å². The molecule has 0 unspecified atom stereocenters. The molecule has 0 aliphatic carbocycles. The molecule has 2 amide bonds. The minimum atomic E-state index is -0.595. The second-order valence-electron chi connectivity index (χ2n) is 6.97. The van der Waals surface area contributed by atoms with E-state index in [4.69, 9.17) is 16.3 Å². The van der Waals surface area contributed by atoms with Crippen molar-refractivity contribution in [3.63, 3.8) is 0 Å². The number of benzene rings is 3.